The second-order valence-corrected chi connectivity index (χ2v) is 9.23. The molecular formula is C32H42O3. The van der Waals surface area contributed by atoms with Gasteiger partial charge in [-0.05, 0) is 67.9 Å². The Labute approximate surface area is 212 Å². The zero-order valence-electron chi connectivity index (χ0n) is 22.4. The molecule has 0 radical (unpaired) electrons. The van der Waals surface area contributed by atoms with Gasteiger partial charge in [-0.25, -0.2) is 0 Å². The van der Waals surface area contributed by atoms with E-state index < -0.39 is 11.2 Å². The van der Waals surface area contributed by atoms with Crippen molar-refractivity contribution < 1.29 is 14.6 Å². The first-order valence-corrected chi connectivity index (χ1v) is 13.3. The van der Waals surface area contributed by atoms with Crippen LogP contribution in [0.3, 0.4) is 0 Å². The Bertz CT molecular complexity index is 1090. The highest BCUT2D eigenvalue weighted by Crippen LogP contribution is 2.48. The zero-order valence-corrected chi connectivity index (χ0v) is 22.4. The molecule has 0 aliphatic rings. The maximum Gasteiger partial charge on any atom is 0.137 e. The van der Waals surface area contributed by atoms with Crippen LogP contribution in [0.5, 0.6) is 17.2 Å². The van der Waals surface area contributed by atoms with Crippen molar-refractivity contribution in [1.29, 1.82) is 0 Å². The molecule has 0 bridgehead atoms. The molecule has 0 aromatic heterocycles. The van der Waals surface area contributed by atoms with E-state index in [0.29, 0.717) is 0 Å². The lowest BCUT2D eigenvalue weighted by Crippen LogP contribution is -2.39. The molecule has 0 amide bonds. The van der Waals surface area contributed by atoms with E-state index in [1.165, 1.54) is 11.1 Å². The number of phenolic OH excluding ortho intramolecular Hbond substituents is 1. The van der Waals surface area contributed by atoms with E-state index in [-0.39, 0.29) is 5.75 Å². The Morgan fingerprint density at radius 1 is 0.571 bits per heavy atom. The Morgan fingerprint density at radius 3 is 1.49 bits per heavy atom. The molecule has 0 atom stereocenters. The molecule has 188 valence electrons. The van der Waals surface area contributed by atoms with Crippen molar-refractivity contribution in [3.8, 4) is 17.2 Å². The molecule has 3 rings (SSSR count). The van der Waals surface area contributed by atoms with Gasteiger partial charge in [-0.2, -0.15) is 0 Å². The van der Waals surface area contributed by atoms with Gasteiger partial charge in [0.1, 0.15) is 28.5 Å². The largest absolute Gasteiger partial charge is 0.508 e. The third-order valence-electron chi connectivity index (χ3n) is 7.59. The van der Waals surface area contributed by atoms with Gasteiger partial charge in [-0.3, -0.25) is 0 Å². The van der Waals surface area contributed by atoms with E-state index in [1.54, 1.807) is 6.07 Å². The summed E-state index contributed by atoms with van der Waals surface area (Å²) in [5.74, 6) is 2.05. The summed E-state index contributed by atoms with van der Waals surface area (Å²) in [7, 11) is 0. The number of aryl methyl sites for hydroxylation is 2. The molecule has 0 aliphatic carbocycles. The number of para-hydroxylation sites is 2. The van der Waals surface area contributed by atoms with Crippen molar-refractivity contribution in [1.82, 2.24) is 0 Å². The van der Waals surface area contributed by atoms with Gasteiger partial charge in [-0.15, -0.1) is 0 Å². The van der Waals surface area contributed by atoms with Crippen molar-refractivity contribution in [3.63, 3.8) is 0 Å². The Balaban J connectivity index is 2.22. The quantitative estimate of drug-likeness (QED) is 0.285. The van der Waals surface area contributed by atoms with Crippen LogP contribution >= 0.6 is 0 Å². The summed E-state index contributed by atoms with van der Waals surface area (Å²) in [6.45, 7) is 12.9. The molecular weight excluding hydrogens is 432 g/mol. The zero-order chi connectivity index (χ0) is 25.5. The van der Waals surface area contributed by atoms with Crippen LogP contribution in [0.4, 0.5) is 0 Å². The summed E-state index contributed by atoms with van der Waals surface area (Å²) < 4.78 is 13.8. The van der Waals surface area contributed by atoms with Crippen molar-refractivity contribution >= 4 is 0 Å². The highest BCUT2D eigenvalue weighted by atomic mass is 16.5. The molecule has 35 heavy (non-hydrogen) atoms. The molecule has 0 saturated heterocycles. The van der Waals surface area contributed by atoms with Crippen molar-refractivity contribution in [2.24, 2.45) is 0 Å². The summed E-state index contributed by atoms with van der Waals surface area (Å²) in [6, 6.07) is 22.3. The minimum absolute atomic E-state index is 0.263. The number of hydrogen-bond donors (Lipinski definition) is 1. The highest BCUT2D eigenvalue weighted by Gasteiger charge is 2.43. The third-order valence-corrected chi connectivity index (χ3v) is 7.59. The van der Waals surface area contributed by atoms with Crippen LogP contribution in [0, 0.1) is 0 Å². The van der Waals surface area contributed by atoms with Crippen LogP contribution in [0.2, 0.25) is 0 Å². The van der Waals surface area contributed by atoms with Crippen LogP contribution in [-0.2, 0) is 24.0 Å². The standard InChI is InChI=1S/C32H42O3/c1-7-24-18-13-15-22-28(24)34-31(9-3,10-4)26-20-17-21-27(33)30(26)32(11-5,12-6)35-29-23-16-14-19-25(29)8-2/h13-23,33H,7-12H2,1-6H3. The summed E-state index contributed by atoms with van der Waals surface area (Å²) in [6.07, 6.45) is 4.78. The number of ether oxygens (including phenoxy) is 2. The lowest BCUT2D eigenvalue weighted by Gasteiger charge is -2.41. The lowest BCUT2D eigenvalue weighted by molar-refractivity contribution is 0.0293. The Morgan fingerprint density at radius 2 is 1.03 bits per heavy atom. The Kier molecular flexibility index (Phi) is 8.88. The van der Waals surface area contributed by atoms with Gasteiger partial charge in [0.2, 0.25) is 0 Å². The molecule has 3 heteroatoms. The van der Waals surface area contributed by atoms with Crippen LogP contribution in [-0.4, -0.2) is 5.11 Å². The van der Waals surface area contributed by atoms with Crippen LogP contribution in [0.15, 0.2) is 66.7 Å². The summed E-state index contributed by atoms with van der Waals surface area (Å²) in [4.78, 5) is 0. The summed E-state index contributed by atoms with van der Waals surface area (Å²) in [5, 5.41) is 11.4. The van der Waals surface area contributed by atoms with Gasteiger partial charge in [0, 0.05) is 11.1 Å². The smallest absolute Gasteiger partial charge is 0.137 e. The molecule has 0 unspecified atom stereocenters. The van der Waals surface area contributed by atoms with E-state index >= 15 is 0 Å². The molecule has 0 spiro atoms. The van der Waals surface area contributed by atoms with Gasteiger partial charge in [0.05, 0.1) is 0 Å². The minimum Gasteiger partial charge on any atom is -0.508 e. The molecule has 0 aliphatic heterocycles. The van der Waals surface area contributed by atoms with Gasteiger partial charge in [0.15, 0.2) is 0 Å². The van der Waals surface area contributed by atoms with Crippen LogP contribution < -0.4 is 9.47 Å². The van der Waals surface area contributed by atoms with E-state index in [4.69, 9.17) is 9.47 Å². The Hall–Kier alpha value is -2.94. The lowest BCUT2D eigenvalue weighted by atomic mass is 9.76. The van der Waals surface area contributed by atoms with Crippen LogP contribution in [0.25, 0.3) is 0 Å². The normalized spacial score (nSPS) is 11.9. The highest BCUT2D eigenvalue weighted by molar-refractivity contribution is 5.49. The SMILES string of the molecule is CCc1ccccc1OC(CC)(CC)c1cccc(O)c1C(CC)(CC)Oc1ccccc1CC. The first-order chi connectivity index (χ1) is 16.9. The molecule has 0 fully saturated rings. The van der Waals surface area contributed by atoms with Crippen LogP contribution in [0.1, 0.15) is 89.5 Å². The second-order valence-electron chi connectivity index (χ2n) is 9.23. The number of benzene rings is 3. The molecule has 0 heterocycles. The van der Waals surface area contributed by atoms with E-state index in [9.17, 15) is 5.11 Å². The van der Waals surface area contributed by atoms with Gasteiger partial charge in [0.25, 0.3) is 0 Å². The molecule has 1 N–H and O–H groups in total. The van der Waals surface area contributed by atoms with Crippen molar-refractivity contribution in [2.45, 2.75) is 91.3 Å². The van der Waals surface area contributed by atoms with E-state index in [1.807, 2.05) is 24.3 Å². The van der Waals surface area contributed by atoms with Gasteiger partial charge >= 0.3 is 0 Å². The molecule has 3 nitrogen and oxygen atoms in total. The van der Waals surface area contributed by atoms with Gasteiger partial charge < -0.3 is 14.6 Å². The number of phenols is 1. The maximum absolute atomic E-state index is 11.4. The average molecular weight is 475 g/mol. The summed E-state index contributed by atoms with van der Waals surface area (Å²) in [5.41, 5.74) is 2.92. The first-order valence-electron chi connectivity index (χ1n) is 13.3. The maximum atomic E-state index is 11.4. The molecule has 3 aromatic rings. The first kappa shape index (κ1) is 26.7. The van der Waals surface area contributed by atoms with E-state index in [0.717, 1.165) is 61.2 Å². The summed E-state index contributed by atoms with van der Waals surface area (Å²) >= 11 is 0. The minimum atomic E-state index is -0.685. The predicted octanol–water partition coefficient (Wildman–Crippen LogP) is 8.71. The number of hydrogen-bond acceptors (Lipinski definition) is 3. The fourth-order valence-corrected chi connectivity index (χ4v) is 5.24. The van der Waals surface area contributed by atoms with Crippen molar-refractivity contribution in [2.75, 3.05) is 0 Å². The fraction of sp³-hybridized carbons (Fsp3) is 0.438. The monoisotopic (exact) mass is 474 g/mol. The number of rotatable bonds is 12. The topological polar surface area (TPSA) is 38.7 Å². The molecule has 3 aromatic carbocycles. The fourth-order valence-electron chi connectivity index (χ4n) is 5.24. The molecule has 0 saturated carbocycles. The number of aromatic hydroxyl groups is 1. The van der Waals surface area contributed by atoms with Crippen molar-refractivity contribution in [3.05, 3.63) is 89.0 Å². The predicted molar refractivity (Wildman–Crippen MR) is 146 cm³/mol. The third kappa shape index (κ3) is 5.19. The van der Waals surface area contributed by atoms with Gasteiger partial charge in [-0.1, -0.05) is 90.1 Å². The van der Waals surface area contributed by atoms with E-state index in [2.05, 4.69) is 77.9 Å². The average Bonchev–Trinajstić information content (AvgIpc) is 2.91. The second kappa shape index (κ2) is 11.7.